The van der Waals surface area contributed by atoms with Gasteiger partial charge in [0.15, 0.2) is 0 Å². The fourth-order valence-electron chi connectivity index (χ4n) is 2.92. The van der Waals surface area contributed by atoms with Gasteiger partial charge in [0.1, 0.15) is 5.75 Å². The highest BCUT2D eigenvalue weighted by molar-refractivity contribution is 9.10. The molecule has 3 aromatic rings. The van der Waals surface area contributed by atoms with Gasteiger partial charge >= 0.3 is 0 Å². The maximum Gasteiger partial charge on any atom is 0.227 e. The number of hydrogen-bond acceptors (Lipinski definition) is 4. The Hall–Kier alpha value is -3.35. The lowest BCUT2D eigenvalue weighted by atomic mass is 10.0. The molecule has 0 atom stereocenters. The Labute approximate surface area is 164 Å². The summed E-state index contributed by atoms with van der Waals surface area (Å²) in [5.74, 6) is 0.410. The van der Waals surface area contributed by atoms with Gasteiger partial charge in [-0.05, 0) is 42.5 Å². The van der Waals surface area contributed by atoms with E-state index in [9.17, 15) is 10.1 Å². The minimum Gasteiger partial charge on any atom is -0.496 e. The number of nitrogens with zero attached hydrogens (tertiary/aromatic N) is 3. The third kappa shape index (κ3) is 3.48. The van der Waals surface area contributed by atoms with Gasteiger partial charge in [0.05, 0.1) is 35.9 Å². The van der Waals surface area contributed by atoms with E-state index in [2.05, 4.69) is 28.1 Å². The van der Waals surface area contributed by atoms with Gasteiger partial charge in [0.25, 0.3) is 0 Å². The predicted molar refractivity (Wildman–Crippen MR) is 107 cm³/mol. The van der Waals surface area contributed by atoms with Crippen molar-refractivity contribution in [2.45, 2.75) is 6.92 Å². The van der Waals surface area contributed by atoms with Crippen molar-refractivity contribution in [3.8, 4) is 17.9 Å². The maximum absolute atomic E-state index is 12.0. The van der Waals surface area contributed by atoms with Crippen LogP contribution in [0.5, 0.6) is 5.75 Å². The van der Waals surface area contributed by atoms with Crippen molar-refractivity contribution in [3.05, 3.63) is 63.8 Å². The molecule has 132 valence electrons. The average molecular weight is 420 g/mol. The molecule has 0 amide bonds. The SMILES string of the molecule is COc1ccc(C#N)cc1C=C(C#N)c1cn(C(C)=O)c2ccc(Br)cc12. The van der Waals surface area contributed by atoms with Gasteiger partial charge < -0.3 is 4.74 Å². The molecule has 1 heterocycles. The summed E-state index contributed by atoms with van der Waals surface area (Å²) in [5, 5.41) is 19.7. The topological polar surface area (TPSA) is 78.8 Å². The summed E-state index contributed by atoms with van der Waals surface area (Å²) in [7, 11) is 1.53. The summed E-state index contributed by atoms with van der Waals surface area (Å²) >= 11 is 3.44. The zero-order valence-electron chi connectivity index (χ0n) is 14.7. The molecule has 5 nitrogen and oxygen atoms in total. The van der Waals surface area contributed by atoms with Crippen LogP contribution in [-0.2, 0) is 0 Å². The second kappa shape index (κ2) is 7.49. The van der Waals surface area contributed by atoms with E-state index in [4.69, 9.17) is 10.00 Å². The quantitative estimate of drug-likeness (QED) is 0.558. The second-order valence-corrected chi connectivity index (χ2v) is 6.75. The highest BCUT2D eigenvalue weighted by atomic mass is 79.9. The van der Waals surface area contributed by atoms with E-state index < -0.39 is 0 Å². The molecule has 2 aromatic carbocycles. The summed E-state index contributed by atoms with van der Waals surface area (Å²) in [6.45, 7) is 1.47. The standard InChI is InChI=1S/C21H14BrN3O2/c1-13(26)25-12-19(18-9-17(22)4-5-20(18)25)16(11-24)8-15-7-14(10-23)3-6-21(15)27-2/h3-9,12H,1-2H3. The van der Waals surface area contributed by atoms with E-state index in [0.29, 0.717) is 28.0 Å². The number of methoxy groups -OCH3 is 1. The number of allylic oxidation sites excluding steroid dienone is 1. The van der Waals surface area contributed by atoms with Crippen molar-refractivity contribution in [1.82, 2.24) is 4.57 Å². The molecule has 0 saturated carbocycles. The normalized spacial score (nSPS) is 11.1. The average Bonchev–Trinajstić information content (AvgIpc) is 3.04. The van der Waals surface area contributed by atoms with Crippen LogP contribution in [0.2, 0.25) is 0 Å². The van der Waals surface area contributed by atoms with Crippen LogP contribution in [0.15, 0.2) is 47.1 Å². The lowest BCUT2D eigenvalue weighted by molar-refractivity contribution is 0.0941. The number of aromatic nitrogens is 1. The molecule has 0 unspecified atom stereocenters. The molecule has 0 aliphatic rings. The first-order valence-electron chi connectivity index (χ1n) is 8.00. The third-order valence-electron chi connectivity index (χ3n) is 4.18. The number of hydrogen-bond donors (Lipinski definition) is 0. The Kier molecular flexibility index (Phi) is 5.12. The van der Waals surface area contributed by atoms with Crippen LogP contribution in [-0.4, -0.2) is 17.6 Å². The van der Waals surface area contributed by atoms with Crippen LogP contribution in [0.25, 0.3) is 22.6 Å². The van der Waals surface area contributed by atoms with Crippen molar-refractivity contribution in [2.75, 3.05) is 7.11 Å². The van der Waals surface area contributed by atoms with Crippen LogP contribution in [0, 0.1) is 22.7 Å². The number of rotatable bonds is 3. The number of benzene rings is 2. The largest absolute Gasteiger partial charge is 0.496 e. The number of ether oxygens (including phenoxy) is 1. The zero-order chi connectivity index (χ0) is 19.6. The highest BCUT2D eigenvalue weighted by Crippen LogP contribution is 2.32. The fraction of sp³-hybridized carbons (Fsp3) is 0.0952. The molecule has 0 N–H and O–H groups in total. The Morgan fingerprint density at radius 1 is 1.22 bits per heavy atom. The van der Waals surface area contributed by atoms with Gasteiger partial charge in [-0.25, -0.2) is 0 Å². The van der Waals surface area contributed by atoms with E-state index in [1.54, 1.807) is 30.5 Å². The second-order valence-electron chi connectivity index (χ2n) is 5.83. The van der Waals surface area contributed by atoms with Crippen molar-refractivity contribution >= 4 is 44.4 Å². The van der Waals surface area contributed by atoms with Crippen molar-refractivity contribution < 1.29 is 9.53 Å². The summed E-state index contributed by atoms with van der Waals surface area (Å²) < 4.78 is 7.71. The summed E-state index contributed by atoms with van der Waals surface area (Å²) in [5.41, 5.74) is 2.81. The van der Waals surface area contributed by atoms with Crippen LogP contribution < -0.4 is 4.74 Å². The Bertz CT molecular complexity index is 1180. The van der Waals surface area contributed by atoms with E-state index in [1.807, 2.05) is 18.2 Å². The number of halogens is 1. The fourth-order valence-corrected chi connectivity index (χ4v) is 3.28. The van der Waals surface area contributed by atoms with Crippen molar-refractivity contribution in [2.24, 2.45) is 0 Å². The molecular formula is C21H14BrN3O2. The van der Waals surface area contributed by atoms with Crippen molar-refractivity contribution in [1.29, 1.82) is 10.5 Å². The van der Waals surface area contributed by atoms with Crippen LogP contribution in [0.3, 0.4) is 0 Å². The molecule has 0 aliphatic heterocycles. The number of fused-ring (bicyclic) bond motifs is 1. The molecule has 3 rings (SSSR count). The molecule has 0 spiro atoms. The maximum atomic E-state index is 12.0. The summed E-state index contributed by atoms with van der Waals surface area (Å²) in [6.07, 6.45) is 3.33. The van der Waals surface area contributed by atoms with Crippen LogP contribution in [0.4, 0.5) is 0 Å². The first-order valence-corrected chi connectivity index (χ1v) is 8.79. The molecular weight excluding hydrogens is 406 g/mol. The minimum atomic E-state index is -0.144. The van der Waals surface area contributed by atoms with Gasteiger partial charge in [0, 0.05) is 34.1 Å². The van der Waals surface area contributed by atoms with E-state index in [-0.39, 0.29) is 5.91 Å². The molecule has 0 bridgehead atoms. The summed E-state index contributed by atoms with van der Waals surface area (Å²) in [6, 6.07) is 14.8. The molecule has 0 radical (unpaired) electrons. The molecule has 0 saturated heterocycles. The van der Waals surface area contributed by atoms with E-state index >= 15 is 0 Å². The smallest absolute Gasteiger partial charge is 0.227 e. The highest BCUT2D eigenvalue weighted by Gasteiger charge is 2.15. The number of carbonyl (C=O) groups excluding carboxylic acids is 1. The van der Waals surface area contributed by atoms with Gasteiger partial charge in [-0.2, -0.15) is 10.5 Å². The Balaban J connectivity index is 2.28. The monoisotopic (exact) mass is 419 g/mol. The number of carbonyl (C=O) groups is 1. The predicted octanol–water partition coefficient (Wildman–Crippen LogP) is 5.01. The van der Waals surface area contributed by atoms with Crippen LogP contribution in [0.1, 0.15) is 28.4 Å². The van der Waals surface area contributed by atoms with Crippen LogP contribution >= 0.6 is 15.9 Å². The molecule has 0 aliphatic carbocycles. The summed E-state index contributed by atoms with van der Waals surface area (Å²) in [4.78, 5) is 12.0. The van der Waals surface area contributed by atoms with Crippen molar-refractivity contribution in [3.63, 3.8) is 0 Å². The first-order chi connectivity index (χ1) is 13.0. The van der Waals surface area contributed by atoms with Gasteiger partial charge in [-0.1, -0.05) is 15.9 Å². The Morgan fingerprint density at radius 2 is 2.00 bits per heavy atom. The van der Waals surface area contributed by atoms with E-state index in [0.717, 1.165) is 15.4 Å². The molecule has 0 fully saturated rings. The third-order valence-corrected chi connectivity index (χ3v) is 4.67. The molecule has 6 heteroatoms. The zero-order valence-corrected chi connectivity index (χ0v) is 16.2. The van der Waals surface area contributed by atoms with Gasteiger partial charge in [-0.15, -0.1) is 0 Å². The minimum absolute atomic E-state index is 0.144. The van der Waals surface area contributed by atoms with Gasteiger partial charge in [-0.3, -0.25) is 9.36 Å². The Morgan fingerprint density at radius 3 is 2.63 bits per heavy atom. The lowest BCUT2D eigenvalue weighted by Crippen LogP contribution is -2.02. The molecule has 1 aromatic heterocycles. The first kappa shape index (κ1) is 18.4. The van der Waals surface area contributed by atoms with E-state index in [1.165, 1.54) is 18.6 Å². The number of nitriles is 2. The lowest BCUT2D eigenvalue weighted by Gasteiger charge is -2.06. The van der Waals surface area contributed by atoms with Gasteiger partial charge in [0.2, 0.25) is 5.91 Å². The molecule has 27 heavy (non-hydrogen) atoms.